The SMILES string of the molecule is COc1cc(-c2ccc(-[n+]3nc(-c4ccc(C(=O)NCCOS(=O)O)cc4)nn3-c3nc4ccccc4s3)c(OC)c2)ccc1-[n+]1nc(-c2ccc(C(=O)NCCOS(=O)O)cc2)nn1-c1nc2ccccc2s1. The zero-order valence-electron chi connectivity index (χ0n) is 38.8. The number of nitrogens with zero attached hydrogens (tertiary/aromatic N) is 10. The van der Waals surface area contributed by atoms with Crippen LogP contribution in [0.25, 0.3) is 76.0 Å². The molecule has 0 aliphatic rings. The lowest BCUT2D eigenvalue weighted by atomic mass is 10.0. The molecular weight excluding hydrogens is 1030 g/mol. The predicted molar refractivity (Wildman–Crippen MR) is 273 cm³/mol. The number of ether oxygens (including phenoxy) is 2. The van der Waals surface area contributed by atoms with E-state index in [1.165, 1.54) is 22.7 Å². The molecular formula is C48H40N12O10S4+2. The number of tetrazole rings is 2. The quantitative estimate of drug-likeness (QED) is 0.0448. The molecule has 374 valence electrons. The summed E-state index contributed by atoms with van der Waals surface area (Å²) in [4.78, 5) is 41.7. The van der Waals surface area contributed by atoms with Gasteiger partial charge in [-0.25, -0.2) is 9.97 Å². The van der Waals surface area contributed by atoms with Gasteiger partial charge >= 0.3 is 34.4 Å². The second kappa shape index (κ2) is 22.0. The Labute approximate surface area is 432 Å². The summed E-state index contributed by atoms with van der Waals surface area (Å²) >= 11 is -1.98. The van der Waals surface area contributed by atoms with E-state index in [1.807, 2.05) is 84.9 Å². The minimum absolute atomic E-state index is 0.0404. The smallest absolute Gasteiger partial charge is 0.340 e. The van der Waals surface area contributed by atoms with Crippen LogP contribution in [0.5, 0.6) is 11.5 Å². The van der Waals surface area contributed by atoms with Crippen molar-refractivity contribution in [2.45, 2.75) is 0 Å². The summed E-state index contributed by atoms with van der Waals surface area (Å²) in [6.07, 6.45) is 0. The molecule has 4 heterocycles. The highest BCUT2D eigenvalue weighted by Crippen LogP contribution is 2.33. The molecule has 0 aliphatic heterocycles. The Balaban J connectivity index is 0.977. The van der Waals surface area contributed by atoms with Crippen LogP contribution in [0, 0.1) is 0 Å². The van der Waals surface area contributed by atoms with Crippen LogP contribution in [0.3, 0.4) is 0 Å². The molecule has 6 aromatic carbocycles. The van der Waals surface area contributed by atoms with Gasteiger partial charge in [0, 0.05) is 33.8 Å². The molecule has 22 nitrogen and oxygen atoms in total. The minimum Gasteiger partial charge on any atom is -0.492 e. The van der Waals surface area contributed by atoms with E-state index in [-0.39, 0.29) is 38.1 Å². The van der Waals surface area contributed by atoms with Crippen LogP contribution in [0.4, 0.5) is 0 Å². The van der Waals surface area contributed by atoms with Crippen LogP contribution in [-0.4, -0.2) is 110 Å². The Morgan fingerprint density at radius 1 is 0.568 bits per heavy atom. The number of carbonyl (C=O) groups is 2. The normalized spacial score (nSPS) is 12.2. The number of fused-ring (bicyclic) bond motifs is 2. The van der Waals surface area contributed by atoms with Gasteiger partial charge < -0.3 is 20.1 Å². The third-order valence-electron chi connectivity index (χ3n) is 11.1. The molecule has 0 saturated carbocycles. The number of rotatable bonds is 19. The standard InChI is InChI=1S/C48H38N12O10S4/c1-67-39-27-33(19-21-37(39)57-53-43(55-59(57)47-51-35-7-3-5-9-41(35)71-47)29-11-15-31(16-12-29)45(61)49-23-25-69-73(63)64)34-20-22-38(40(28-34)68-2)58-54-44(56-60(58)48-52-36-8-4-6-10-42(36)72-48)30-13-17-32(18-14-30)46(62)50-24-26-70-74(65)66/h3-22,27-28H,23-26H2,1-2H3,(H2-2,49,50,61,62,63,64,65,66)/p+2. The molecule has 26 heteroatoms. The van der Waals surface area contributed by atoms with Crippen molar-refractivity contribution in [2.24, 2.45) is 0 Å². The summed E-state index contributed by atoms with van der Waals surface area (Å²) in [5.74, 6) is 0.820. The molecule has 0 bridgehead atoms. The maximum absolute atomic E-state index is 12.8. The monoisotopic (exact) mass is 1070 g/mol. The van der Waals surface area contributed by atoms with Crippen LogP contribution in [0.15, 0.2) is 133 Å². The van der Waals surface area contributed by atoms with Crippen LogP contribution in [0.2, 0.25) is 0 Å². The van der Waals surface area contributed by atoms with E-state index in [0.717, 1.165) is 31.6 Å². The lowest BCUT2D eigenvalue weighted by Crippen LogP contribution is -2.43. The number of methoxy groups -OCH3 is 2. The maximum atomic E-state index is 12.8. The first-order chi connectivity index (χ1) is 36.0. The molecule has 0 spiro atoms. The number of carbonyl (C=O) groups excluding carboxylic acids is 2. The van der Waals surface area contributed by atoms with Crippen LogP contribution < -0.4 is 29.7 Å². The average Bonchev–Trinajstić information content (AvgIpc) is 4.26. The van der Waals surface area contributed by atoms with Crippen molar-refractivity contribution in [2.75, 3.05) is 40.5 Å². The number of nitrogens with one attached hydrogen (secondary N) is 2. The van der Waals surface area contributed by atoms with Gasteiger partial charge in [-0.2, -0.15) is 8.42 Å². The van der Waals surface area contributed by atoms with Crippen molar-refractivity contribution < 1.29 is 54.5 Å². The van der Waals surface area contributed by atoms with E-state index in [0.29, 0.717) is 67.0 Å². The molecule has 0 saturated heterocycles. The Hall–Kier alpha value is -8.08. The van der Waals surface area contributed by atoms with Gasteiger partial charge in [0.25, 0.3) is 22.1 Å². The van der Waals surface area contributed by atoms with E-state index in [4.69, 9.17) is 48.9 Å². The highest BCUT2D eigenvalue weighted by molar-refractivity contribution is 7.74. The first-order valence-electron chi connectivity index (χ1n) is 22.2. The summed E-state index contributed by atoms with van der Waals surface area (Å²) in [6.45, 7) is -0.184. The summed E-state index contributed by atoms with van der Waals surface area (Å²) < 4.78 is 62.4. The third-order valence-corrected chi connectivity index (χ3v) is 13.8. The van der Waals surface area contributed by atoms with E-state index in [2.05, 4.69) is 19.0 Å². The van der Waals surface area contributed by atoms with E-state index >= 15 is 0 Å². The van der Waals surface area contributed by atoms with Crippen molar-refractivity contribution in [3.8, 4) is 67.0 Å². The first-order valence-corrected chi connectivity index (χ1v) is 25.9. The molecule has 74 heavy (non-hydrogen) atoms. The molecule has 2 amide bonds. The number of hydrogen-bond acceptors (Lipinski definition) is 16. The number of para-hydroxylation sites is 2. The summed E-state index contributed by atoms with van der Waals surface area (Å²) in [5.41, 5.74) is 6.18. The van der Waals surface area contributed by atoms with Gasteiger partial charge in [-0.1, -0.05) is 46.9 Å². The minimum atomic E-state index is -2.43. The van der Waals surface area contributed by atoms with Crippen molar-refractivity contribution in [3.63, 3.8) is 0 Å². The number of aromatic nitrogens is 10. The molecule has 0 radical (unpaired) electrons. The van der Waals surface area contributed by atoms with Gasteiger partial charge in [0.15, 0.2) is 11.5 Å². The van der Waals surface area contributed by atoms with Gasteiger partial charge in [-0.15, -0.1) is 0 Å². The Kier molecular flexibility index (Phi) is 14.7. The number of benzene rings is 6. The first kappa shape index (κ1) is 49.5. The lowest BCUT2D eigenvalue weighted by molar-refractivity contribution is -0.734. The molecule has 10 rings (SSSR count). The maximum Gasteiger partial charge on any atom is 0.340 e. The van der Waals surface area contributed by atoms with E-state index in [1.54, 1.807) is 81.9 Å². The number of hydrogen-bond donors (Lipinski definition) is 4. The van der Waals surface area contributed by atoms with Gasteiger partial charge in [-0.05, 0) is 140 Å². The number of thiazole rings is 2. The van der Waals surface area contributed by atoms with Crippen molar-refractivity contribution in [3.05, 3.63) is 145 Å². The summed E-state index contributed by atoms with van der Waals surface area (Å²) in [6, 6.07) is 40.3. The fourth-order valence-electron chi connectivity index (χ4n) is 7.60. The molecule has 4 N–H and O–H groups in total. The lowest BCUT2D eigenvalue weighted by Gasteiger charge is -2.10. The van der Waals surface area contributed by atoms with E-state index < -0.39 is 22.7 Å². The van der Waals surface area contributed by atoms with Gasteiger partial charge in [0.2, 0.25) is 11.4 Å². The van der Waals surface area contributed by atoms with Gasteiger partial charge in [-0.3, -0.25) is 27.1 Å². The third kappa shape index (κ3) is 10.7. The molecule has 0 aliphatic carbocycles. The van der Waals surface area contributed by atoms with Gasteiger partial charge in [0.1, 0.15) is 0 Å². The number of amides is 2. The highest BCUT2D eigenvalue weighted by atomic mass is 32.2. The zero-order chi connectivity index (χ0) is 51.3. The second-order valence-electron chi connectivity index (χ2n) is 15.7. The Morgan fingerprint density at radius 2 is 0.959 bits per heavy atom. The van der Waals surface area contributed by atoms with Crippen LogP contribution in [-0.2, 0) is 31.1 Å². The second-order valence-corrected chi connectivity index (χ2v) is 19.0. The molecule has 10 aromatic rings. The Bertz CT molecular complexity index is 3440. The summed E-state index contributed by atoms with van der Waals surface area (Å²) in [7, 11) is 3.14. The predicted octanol–water partition coefficient (Wildman–Crippen LogP) is 5.41. The fraction of sp³-hybridized carbons (Fsp3) is 0.125. The zero-order valence-corrected chi connectivity index (χ0v) is 42.1. The Morgan fingerprint density at radius 3 is 1.34 bits per heavy atom. The topological polar surface area (TPSA) is 265 Å². The largest absolute Gasteiger partial charge is 0.492 e. The van der Waals surface area contributed by atoms with Crippen LogP contribution in [0.1, 0.15) is 20.7 Å². The van der Waals surface area contributed by atoms with Crippen molar-refractivity contribution >= 4 is 77.6 Å². The van der Waals surface area contributed by atoms with Crippen LogP contribution >= 0.6 is 22.7 Å². The van der Waals surface area contributed by atoms with Crippen molar-refractivity contribution in [1.29, 1.82) is 0 Å². The molecule has 2 atom stereocenters. The van der Waals surface area contributed by atoms with E-state index in [9.17, 15) is 18.0 Å². The van der Waals surface area contributed by atoms with Gasteiger partial charge in [0.05, 0.1) is 69.2 Å². The van der Waals surface area contributed by atoms with Crippen molar-refractivity contribution in [1.82, 2.24) is 50.6 Å². The fourth-order valence-corrected chi connectivity index (χ4v) is 9.86. The summed E-state index contributed by atoms with van der Waals surface area (Å²) in [5, 5.41) is 26.1. The molecule has 4 aromatic heterocycles. The molecule has 0 fully saturated rings. The average molecular weight is 1070 g/mol. The highest BCUT2D eigenvalue weighted by Gasteiger charge is 2.31. The molecule has 2 unspecified atom stereocenters.